The number of nitrogens with zero attached hydrogens (tertiary/aromatic N) is 1. The van der Waals surface area contributed by atoms with Gasteiger partial charge in [0.25, 0.3) is 0 Å². The fourth-order valence-electron chi connectivity index (χ4n) is 2.07. The first-order valence-corrected chi connectivity index (χ1v) is 8.41. The zero-order valence-corrected chi connectivity index (χ0v) is 14.1. The molecule has 0 atom stereocenters. The molecular weight excluding hydrogens is 353 g/mol. The zero-order valence-electron chi connectivity index (χ0n) is 12.5. The number of benzene rings is 1. The van der Waals surface area contributed by atoms with Crippen molar-refractivity contribution in [2.75, 3.05) is 0 Å². The molecule has 2 heterocycles. The lowest BCUT2D eigenvalue weighted by atomic mass is 10.2. The molecule has 3 aromatic rings. The minimum Gasteiger partial charge on any atom is -0.460 e. The van der Waals surface area contributed by atoms with Crippen molar-refractivity contribution in [2.45, 2.75) is 19.4 Å². The van der Waals surface area contributed by atoms with Gasteiger partial charge in [-0.25, -0.2) is 9.37 Å². The summed E-state index contributed by atoms with van der Waals surface area (Å²) in [7, 11) is 0. The minimum atomic E-state index is -0.380. The van der Waals surface area contributed by atoms with Gasteiger partial charge in [0.05, 0.1) is 22.5 Å². The highest BCUT2D eigenvalue weighted by Gasteiger charge is 2.12. The largest absolute Gasteiger partial charge is 0.460 e. The lowest BCUT2D eigenvalue weighted by molar-refractivity contribution is -0.144. The fraction of sp³-hybridized carbons (Fsp3) is 0.176. The molecule has 0 N–H and O–H groups in total. The Balaban J connectivity index is 1.52. The van der Waals surface area contributed by atoms with Crippen molar-refractivity contribution in [3.8, 4) is 11.3 Å². The molecule has 0 saturated heterocycles. The molecule has 24 heavy (non-hydrogen) atoms. The van der Waals surface area contributed by atoms with Crippen molar-refractivity contribution < 1.29 is 18.3 Å². The summed E-state index contributed by atoms with van der Waals surface area (Å²) in [5, 5.41) is 0. The van der Waals surface area contributed by atoms with Crippen molar-refractivity contribution in [1.82, 2.24) is 4.98 Å². The van der Waals surface area contributed by atoms with E-state index in [1.807, 2.05) is 6.07 Å². The van der Waals surface area contributed by atoms with E-state index < -0.39 is 0 Å². The van der Waals surface area contributed by atoms with E-state index >= 15 is 0 Å². The van der Waals surface area contributed by atoms with Gasteiger partial charge < -0.3 is 9.15 Å². The molecule has 0 fully saturated rings. The standard InChI is InChI=1S/C17H13ClFNO3S/c18-15-6-5-11(24-15)10-22-17(21)8-7-16-20-9-14(23-16)12-3-1-2-4-13(12)19/h1-6,9H,7-8,10H2. The highest BCUT2D eigenvalue weighted by Crippen LogP contribution is 2.24. The molecule has 0 spiro atoms. The molecule has 1 aromatic carbocycles. The molecule has 0 aliphatic rings. The Hall–Kier alpha value is -2.18. The maximum atomic E-state index is 13.7. The summed E-state index contributed by atoms with van der Waals surface area (Å²) in [6.07, 6.45) is 1.88. The molecule has 3 rings (SSSR count). The second-order valence-electron chi connectivity index (χ2n) is 4.96. The molecule has 0 unspecified atom stereocenters. The Morgan fingerprint density at radius 3 is 2.88 bits per heavy atom. The van der Waals surface area contributed by atoms with Crippen LogP contribution in [0.3, 0.4) is 0 Å². The van der Waals surface area contributed by atoms with Gasteiger partial charge in [-0.1, -0.05) is 23.7 Å². The third-order valence-electron chi connectivity index (χ3n) is 3.24. The molecule has 4 nitrogen and oxygen atoms in total. The first-order valence-electron chi connectivity index (χ1n) is 7.21. The summed E-state index contributed by atoms with van der Waals surface area (Å²) in [6.45, 7) is 0.197. The number of aryl methyl sites for hydroxylation is 1. The monoisotopic (exact) mass is 365 g/mol. The van der Waals surface area contributed by atoms with Crippen LogP contribution in [0.25, 0.3) is 11.3 Å². The number of esters is 1. The average molecular weight is 366 g/mol. The number of hydrogen-bond acceptors (Lipinski definition) is 5. The Kier molecular flexibility index (Phi) is 5.27. The van der Waals surface area contributed by atoms with Crippen molar-refractivity contribution >= 4 is 28.9 Å². The number of carbonyl (C=O) groups is 1. The minimum absolute atomic E-state index is 0.135. The molecular formula is C17H13ClFNO3S. The van der Waals surface area contributed by atoms with Gasteiger partial charge >= 0.3 is 5.97 Å². The summed E-state index contributed by atoms with van der Waals surface area (Å²) in [5.41, 5.74) is 0.341. The van der Waals surface area contributed by atoms with Crippen LogP contribution in [0, 0.1) is 5.82 Å². The van der Waals surface area contributed by atoms with Crippen molar-refractivity contribution in [2.24, 2.45) is 0 Å². The van der Waals surface area contributed by atoms with Crippen LogP contribution < -0.4 is 0 Å². The molecule has 0 saturated carbocycles. The molecule has 124 valence electrons. The van der Waals surface area contributed by atoms with E-state index in [1.165, 1.54) is 23.6 Å². The van der Waals surface area contributed by atoms with Crippen molar-refractivity contribution in [3.05, 3.63) is 63.5 Å². The van der Waals surface area contributed by atoms with Crippen LogP contribution in [0.15, 0.2) is 47.0 Å². The van der Waals surface area contributed by atoms with E-state index in [-0.39, 0.29) is 24.8 Å². The number of carbonyl (C=O) groups excluding carboxylic acids is 1. The summed E-state index contributed by atoms with van der Waals surface area (Å²) >= 11 is 7.18. The predicted octanol–water partition coefficient (Wildman–Crippen LogP) is 4.87. The number of aromatic nitrogens is 1. The molecule has 2 aromatic heterocycles. The number of thiophene rings is 1. The molecule has 7 heteroatoms. The van der Waals surface area contributed by atoms with Gasteiger partial charge in [-0.15, -0.1) is 11.3 Å². The summed E-state index contributed by atoms with van der Waals surface area (Å²) in [4.78, 5) is 16.7. The van der Waals surface area contributed by atoms with Crippen molar-refractivity contribution in [3.63, 3.8) is 0 Å². The van der Waals surface area contributed by atoms with Crippen LogP contribution >= 0.6 is 22.9 Å². The highest BCUT2D eigenvalue weighted by molar-refractivity contribution is 7.16. The summed E-state index contributed by atoms with van der Waals surface area (Å²) in [5.74, 6) is -0.0338. The third-order valence-corrected chi connectivity index (χ3v) is 4.44. The second kappa shape index (κ2) is 7.59. The van der Waals surface area contributed by atoms with E-state index in [0.29, 0.717) is 28.0 Å². The van der Waals surface area contributed by atoms with Crippen molar-refractivity contribution in [1.29, 1.82) is 0 Å². The first kappa shape index (κ1) is 16.7. The van der Waals surface area contributed by atoms with E-state index in [4.69, 9.17) is 20.8 Å². The van der Waals surface area contributed by atoms with Crippen LogP contribution in [0.4, 0.5) is 4.39 Å². The van der Waals surface area contributed by atoms with E-state index in [1.54, 1.807) is 24.3 Å². The topological polar surface area (TPSA) is 52.3 Å². The molecule has 0 radical (unpaired) electrons. The number of ether oxygens (including phenoxy) is 1. The van der Waals surface area contributed by atoms with Gasteiger partial charge in [0.15, 0.2) is 11.7 Å². The van der Waals surface area contributed by atoms with Crippen LogP contribution in [0.2, 0.25) is 4.34 Å². The van der Waals surface area contributed by atoms with Gasteiger partial charge in [0.2, 0.25) is 0 Å². The van der Waals surface area contributed by atoms with E-state index in [9.17, 15) is 9.18 Å². The quantitative estimate of drug-likeness (QED) is 0.585. The smallest absolute Gasteiger partial charge is 0.306 e. The number of rotatable bonds is 6. The Bertz CT molecular complexity index is 846. The Morgan fingerprint density at radius 2 is 2.12 bits per heavy atom. The third kappa shape index (κ3) is 4.21. The van der Waals surface area contributed by atoms with Crippen LogP contribution in [0.5, 0.6) is 0 Å². The predicted molar refractivity (Wildman–Crippen MR) is 89.3 cm³/mol. The second-order valence-corrected chi connectivity index (χ2v) is 6.76. The highest BCUT2D eigenvalue weighted by atomic mass is 35.5. The van der Waals surface area contributed by atoms with E-state index in [2.05, 4.69) is 4.98 Å². The van der Waals surface area contributed by atoms with Crippen LogP contribution in [0.1, 0.15) is 17.2 Å². The average Bonchev–Trinajstić information content (AvgIpc) is 3.20. The van der Waals surface area contributed by atoms with Gasteiger partial charge in [-0.05, 0) is 24.3 Å². The molecule has 0 amide bonds. The SMILES string of the molecule is O=C(CCc1ncc(-c2ccccc2F)o1)OCc1ccc(Cl)s1. The van der Waals surface area contributed by atoms with Gasteiger partial charge in [-0.2, -0.15) is 0 Å². The van der Waals surface area contributed by atoms with E-state index in [0.717, 1.165) is 4.88 Å². The number of oxazole rings is 1. The van der Waals surface area contributed by atoms with Gasteiger partial charge in [0, 0.05) is 11.3 Å². The fourth-order valence-corrected chi connectivity index (χ4v) is 3.07. The van der Waals surface area contributed by atoms with Crippen LogP contribution in [-0.4, -0.2) is 11.0 Å². The molecule has 0 aliphatic heterocycles. The maximum Gasteiger partial charge on any atom is 0.306 e. The van der Waals surface area contributed by atoms with Gasteiger partial charge in [-0.3, -0.25) is 4.79 Å². The van der Waals surface area contributed by atoms with Crippen LogP contribution in [-0.2, 0) is 22.6 Å². The normalized spacial score (nSPS) is 10.8. The summed E-state index contributed by atoms with van der Waals surface area (Å²) < 4.78 is 25.0. The number of halogens is 2. The zero-order chi connectivity index (χ0) is 16.9. The Labute approximate surface area is 146 Å². The lowest BCUT2D eigenvalue weighted by Gasteiger charge is -2.02. The lowest BCUT2D eigenvalue weighted by Crippen LogP contribution is -2.05. The first-order chi connectivity index (χ1) is 11.6. The molecule has 0 bridgehead atoms. The Morgan fingerprint density at radius 1 is 1.29 bits per heavy atom. The molecule has 0 aliphatic carbocycles. The summed E-state index contributed by atoms with van der Waals surface area (Å²) in [6, 6.07) is 9.86. The number of hydrogen-bond donors (Lipinski definition) is 0. The maximum absolute atomic E-state index is 13.7. The van der Waals surface area contributed by atoms with Gasteiger partial charge in [0.1, 0.15) is 12.4 Å².